The fourth-order valence-corrected chi connectivity index (χ4v) is 5.91. The van der Waals surface area contributed by atoms with Crippen molar-refractivity contribution in [3.05, 3.63) is 47.1 Å². The maximum atomic E-state index is 13.3. The number of benzene rings is 1. The Hall–Kier alpha value is -2.38. The van der Waals surface area contributed by atoms with Gasteiger partial charge in [0.2, 0.25) is 5.91 Å². The van der Waals surface area contributed by atoms with Crippen LogP contribution < -0.4 is 4.74 Å². The number of amides is 1. The van der Waals surface area contributed by atoms with Crippen LogP contribution in [0.5, 0.6) is 5.75 Å². The Morgan fingerprint density at radius 3 is 2.24 bits per heavy atom. The Morgan fingerprint density at radius 1 is 1.12 bits per heavy atom. The van der Waals surface area contributed by atoms with Gasteiger partial charge in [0.05, 0.1) is 38.3 Å². The molecule has 4 atom stereocenters. The van der Waals surface area contributed by atoms with Gasteiger partial charge in [-0.3, -0.25) is 4.79 Å². The number of hydrogen-bond acceptors (Lipinski definition) is 5. The zero-order valence-corrected chi connectivity index (χ0v) is 22.3. The lowest BCUT2D eigenvalue weighted by Crippen LogP contribution is -2.64. The van der Waals surface area contributed by atoms with Crippen LogP contribution in [0.4, 0.5) is 0 Å². The summed E-state index contributed by atoms with van der Waals surface area (Å²) >= 11 is 0. The highest BCUT2D eigenvalue weighted by atomic mass is 28.4. The van der Waals surface area contributed by atoms with E-state index in [4.69, 9.17) is 13.9 Å². The molecule has 0 unspecified atom stereocenters. The first-order chi connectivity index (χ1) is 15.3. The number of esters is 1. The Morgan fingerprint density at radius 2 is 1.73 bits per heavy atom. The van der Waals surface area contributed by atoms with Gasteiger partial charge >= 0.3 is 5.97 Å². The number of β-lactam (4-membered cyclic amide) rings is 1. The molecule has 33 heavy (non-hydrogen) atoms. The quantitative estimate of drug-likeness (QED) is 0.258. The topological polar surface area (TPSA) is 65.1 Å². The van der Waals surface area contributed by atoms with Gasteiger partial charge in [-0.2, -0.15) is 0 Å². The molecule has 0 bridgehead atoms. The largest absolute Gasteiger partial charge is 0.497 e. The second-order valence-electron chi connectivity index (χ2n) is 10.5. The van der Waals surface area contributed by atoms with Crippen molar-refractivity contribution < 1.29 is 23.5 Å². The van der Waals surface area contributed by atoms with E-state index < -0.39 is 14.3 Å². The molecule has 1 aromatic carbocycles. The zero-order chi connectivity index (χ0) is 24.7. The van der Waals surface area contributed by atoms with Crippen molar-refractivity contribution in [1.82, 2.24) is 4.90 Å². The van der Waals surface area contributed by atoms with E-state index in [1.165, 1.54) is 13.2 Å². The molecule has 0 spiro atoms. The maximum absolute atomic E-state index is 13.3. The Labute approximate surface area is 198 Å². The van der Waals surface area contributed by atoms with Crippen molar-refractivity contribution in [1.29, 1.82) is 0 Å². The van der Waals surface area contributed by atoms with Crippen LogP contribution in [0.2, 0.25) is 18.1 Å². The fraction of sp³-hybridized carbons (Fsp3) is 0.538. The molecule has 1 amide bonds. The number of ether oxygens (including phenoxy) is 2. The van der Waals surface area contributed by atoms with Gasteiger partial charge in [-0.05, 0) is 66.9 Å². The summed E-state index contributed by atoms with van der Waals surface area (Å²) in [4.78, 5) is 27.3. The van der Waals surface area contributed by atoms with Crippen LogP contribution in [0.15, 0.2) is 41.5 Å². The lowest BCUT2D eigenvalue weighted by molar-refractivity contribution is -0.159. The van der Waals surface area contributed by atoms with Gasteiger partial charge in [0.1, 0.15) is 5.75 Å². The second-order valence-corrected chi connectivity index (χ2v) is 15.2. The van der Waals surface area contributed by atoms with E-state index in [0.29, 0.717) is 0 Å². The Kier molecular flexibility index (Phi) is 6.96. The summed E-state index contributed by atoms with van der Waals surface area (Å²) in [6.07, 6.45) is 3.36. The summed E-state index contributed by atoms with van der Waals surface area (Å²) in [5.41, 5.74) is 2.76. The van der Waals surface area contributed by atoms with Gasteiger partial charge in [0.15, 0.2) is 8.32 Å². The molecule has 0 aliphatic carbocycles. The second kappa shape index (κ2) is 9.10. The van der Waals surface area contributed by atoms with E-state index in [1.54, 1.807) is 7.11 Å². The van der Waals surface area contributed by atoms with Crippen LogP contribution in [-0.4, -0.2) is 57.5 Å². The number of nitrogens with zero attached hydrogens (tertiary/aromatic N) is 1. The summed E-state index contributed by atoms with van der Waals surface area (Å²) in [5, 5.41) is 0.0500. The molecule has 7 heteroatoms. The summed E-state index contributed by atoms with van der Waals surface area (Å²) in [6, 6.07) is 7.41. The van der Waals surface area contributed by atoms with Gasteiger partial charge in [0.25, 0.3) is 0 Å². The zero-order valence-electron chi connectivity index (χ0n) is 21.3. The average Bonchev–Trinajstić information content (AvgIpc) is 2.94. The van der Waals surface area contributed by atoms with Crippen LogP contribution in [-0.2, 0) is 18.8 Å². The third-order valence-corrected chi connectivity index (χ3v) is 12.0. The van der Waals surface area contributed by atoms with Gasteiger partial charge in [-0.1, -0.05) is 32.9 Å². The predicted octanol–water partition coefficient (Wildman–Crippen LogP) is 4.82. The molecule has 3 rings (SSSR count). The van der Waals surface area contributed by atoms with Crippen LogP contribution in [0, 0.1) is 5.92 Å². The van der Waals surface area contributed by atoms with Crippen molar-refractivity contribution >= 4 is 26.3 Å². The summed E-state index contributed by atoms with van der Waals surface area (Å²) in [6.45, 7) is 15.0. The van der Waals surface area contributed by atoms with Crippen molar-refractivity contribution in [3.8, 4) is 5.75 Å². The summed E-state index contributed by atoms with van der Waals surface area (Å²) in [5.74, 6) is 0.147. The van der Waals surface area contributed by atoms with E-state index in [0.717, 1.165) is 22.5 Å². The number of carbonyl (C=O) groups is 2. The third-order valence-electron chi connectivity index (χ3n) is 7.40. The van der Waals surface area contributed by atoms with Crippen LogP contribution in [0.1, 0.15) is 40.2 Å². The van der Waals surface area contributed by atoms with Gasteiger partial charge in [0, 0.05) is 6.08 Å². The summed E-state index contributed by atoms with van der Waals surface area (Å²) < 4.78 is 16.8. The molecule has 0 aromatic heterocycles. The van der Waals surface area contributed by atoms with Gasteiger partial charge in [-0.15, -0.1) is 0 Å². The van der Waals surface area contributed by atoms with Crippen LogP contribution >= 0.6 is 0 Å². The molecule has 1 aromatic rings. The molecule has 6 nitrogen and oxygen atoms in total. The van der Waals surface area contributed by atoms with Crippen molar-refractivity contribution in [2.75, 3.05) is 14.2 Å². The summed E-state index contributed by atoms with van der Waals surface area (Å²) in [7, 11) is 0.947. The molecule has 0 N–H and O–H groups in total. The number of methoxy groups -OCH3 is 2. The number of hydrogen-bond donors (Lipinski definition) is 0. The van der Waals surface area contributed by atoms with Crippen LogP contribution in [0.3, 0.4) is 0 Å². The normalized spacial score (nSPS) is 26.3. The van der Waals surface area contributed by atoms with Crippen LogP contribution in [0.25, 0.3) is 6.08 Å². The molecule has 2 aliphatic heterocycles. The maximum Gasteiger partial charge on any atom is 0.330 e. The van der Waals surface area contributed by atoms with E-state index in [2.05, 4.69) is 39.9 Å². The van der Waals surface area contributed by atoms with E-state index in [1.807, 2.05) is 43.0 Å². The van der Waals surface area contributed by atoms with Gasteiger partial charge in [-0.25, -0.2) is 4.79 Å². The average molecular weight is 472 g/mol. The number of rotatable bonds is 6. The molecular formula is C26H37NO5Si. The minimum absolute atomic E-state index is 0.0500. The highest BCUT2D eigenvalue weighted by Crippen LogP contribution is 2.49. The molecule has 2 heterocycles. The lowest BCUT2D eigenvalue weighted by atomic mass is 9.80. The molecule has 2 fully saturated rings. The Bertz CT molecular complexity index is 973. The Balaban J connectivity index is 2.01. The first-order valence-corrected chi connectivity index (χ1v) is 14.4. The minimum Gasteiger partial charge on any atom is -0.497 e. The van der Waals surface area contributed by atoms with Crippen molar-refractivity contribution in [2.45, 2.75) is 70.9 Å². The lowest BCUT2D eigenvalue weighted by Gasteiger charge is -2.49. The molecule has 0 saturated carbocycles. The van der Waals surface area contributed by atoms with E-state index in [-0.39, 0.29) is 35.1 Å². The SMILES string of the molecule is COC(=O)/C=C1\C(=C/c2ccc(OC)cc2)[C@@H]2[C@@H]([C@@H](C)O[Si](C)(C)C(C)(C)C)C(=O)N2[C@H]1C. The van der Waals surface area contributed by atoms with E-state index in [9.17, 15) is 9.59 Å². The first kappa shape index (κ1) is 25.2. The molecular weight excluding hydrogens is 434 g/mol. The highest BCUT2D eigenvalue weighted by Gasteiger charge is 2.59. The standard InChI is InChI=1S/C26H37NO5Si/c1-16-20(15-22(28)31-7)21(14-18-10-12-19(30-6)13-11-18)24-23(25(29)27(16)24)17(2)32-33(8,9)26(3,4)5/h10-17,23-24H,1-9H3/b20-15-,21-14+/t16-,17+,23+,24+/m0/s1. The van der Waals surface area contributed by atoms with E-state index >= 15 is 0 Å². The highest BCUT2D eigenvalue weighted by molar-refractivity contribution is 6.74. The van der Waals surface area contributed by atoms with Gasteiger partial charge < -0.3 is 18.8 Å². The predicted molar refractivity (Wildman–Crippen MR) is 132 cm³/mol. The minimum atomic E-state index is -2.05. The molecule has 2 aliphatic rings. The fourth-order valence-electron chi connectivity index (χ4n) is 4.48. The smallest absolute Gasteiger partial charge is 0.330 e. The van der Waals surface area contributed by atoms with Crippen molar-refractivity contribution in [2.24, 2.45) is 5.92 Å². The first-order valence-electron chi connectivity index (χ1n) is 11.5. The number of fused-ring (bicyclic) bond motifs is 1. The third kappa shape index (κ3) is 4.66. The van der Waals surface area contributed by atoms with Crippen molar-refractivity contribution in [3.63, 3.8) is 0 Å². The molecule has 2 saturated heterocycles. The molecule has 180 valence electrons. The number of carbonyl (C=O) groups excluding carboxylic acids is 2. The monoisotopic (exact) mass is 471 g/mol. The molecule has 0 radical (unpaired) electrons.